The lowest BCUT2D eigenvalue weighted by Crippen LogP contribution is -2.43. The van der Waals surface area contributed by atoms with Crippen LogP contribution in [0.3, 0.4) is 0 Å². The molecule has 128 valence electrons. The van der Waals surface area contributed by atoms with Crippen molar-refractivity contribution in [2.45, 2.75) is 12.8 Å². The Balaban J connectivity index is 1.66. The van der Waals surface area contributed by atoms with Gasteiger partial charge in [-0.15, -0.1) is 10.2 Å². The SMILES string of the molecule is CS(=O)(=O)N1CCC[C@@H](C(=O)Nc2nnc(-c3ccccc3)s2)C1. The van der Waals surface area contributed by atoms with E-state index >= 15 is 0 Å². The number of benzene rings is 1. The summed E-state index contributed by atoms with van der Waals surface area (Å²) in [5.41, 5.74) is 0.941. The van der Waals surface area contributed by atoms with E-state index in [1.165, 1.54) is 21.9 Å². The van der Waals surface area contributed by atoms with Crippen molar-refractivity contribution in [2.75, 3.05) is 24.7 Å². The van der Waals surface area contributed by atoms with Crippen molar-refractivity contribution >= 4 is 32.4 Å². The maximum atomic E-state index is 12.4. The summed E-state index contributed by atoms with van der Waals surface area (Å²) < 4.78 is 24.7. The van der Waals surface area contributed by atoms with Crippen LogP contribution in [-0.2, 0) is 14.8 Å². The van der Waals surface area contributed by atoms with Gasteiger partial charge in [0.05, 0.1) is 12.2 Å². The van der Waals surface area contributed by atoms with E-state index in [4.69, 9.17) is 0 Å². The highest BCUT2D eigenvalue weighted by Gasteiger charge is 2.30. The van der Waals surface area contributed by atoms with Crippen molar-refractivity contribution in [1.82, 2.24) is 14.5 Å². The van der Waals surface area contributed by atoms with Crippen molar-refractivity contribution < 1.29 is 13.2 Å². The highest BCUT2D eigenvalue weighted by atomic mass is 32.2. The molecule has 3 rings (SSSR count). The summed E-state index contributed by atoms with van der Waals surface area (Å²) in [7, 11) is -3.27. The molecule has 0 radical (unpaired) electrons. The van der Waals surface area contributed by atoms with Crippen molar-refractivity contribution in [3.8, 4) is 10.6 Å². The van der Waals surface area contributed by atoms with Gasteiger partial charge in [-0.05, 0) is 12.8 Å². The Kier molecular flexibility index (Phi) is 4.93. The van der Waals surface area contributed by atoms with Gasteiger partial charge < -0.3 is 5.32 Å². The van der Waals surface area contributed by atoms with Gasteiger partial charge in [-0.3, -0.25) is 4.79 Å². The molecule has 24 heavy (non-hydrogen) atoms. The molecule has 2 aromatic rings. The molecule has 7 nitrogen and oxygen atoms in total. The van der Waals surface area contributed by atoms with E-state index < -0.39 is 10.0 Å². The maximum absolute atomic E-state index is 12.4. The van der Waals surface area contributed by atoms with Gasteiger partial charge in [0.25, 0.3) is 0 Å². The lowest BCUT2D eigenvalue weighted by Gasteiger charge is -2.29. The first-order valence-corrected chi connectivity index (χ1v) is 10.2. The second-order valence-electron chi connectivity index (χ2n) is 5.73. The van der Waals surface area contributed by atoms with Gasteiger partial charge in [0, 0.05) is 18.7 Å². The van der Waals surface area contributed by atoms with Gasteiger partial charge in [-0.25, -0.2) is 12.7 Å². The number of nitrogens with zero attached hydrogens (tertiary/aromatic N) is 3. The summed E-state index contributed by atoms with van der Waals surface area (Å²) in [5.74, 6) is -0.573. The molecule has 0 bridgehead atoms. The molecule has 2 heterocycles. The van der Waals surface area contributed by atoms with Gasteiger partial charge in [0.2, 0.25) is 21.1 Å². The van der Waals surface area contributed by atoms with Crippen LogP contribution in [0, 0.1) is 5.92 Å². The predicted octanol–water partition coefficient (Wildman–Crippen LogP) is 1.82. The number of rotatable bonds is 4. The van der Waals surface area contributed by atoms with E-state index in [1.54, 1.807) is 0 Å². The normalized spacial score (nSPS) is 19.1. The Hall–Kier alpha value is -1.84. The summed E-state index contributed by atoms with van der Waals surface area (Å²) >= 11 is 1.30. The largest absolute Gasteiger partial charge is 0.300 e. The maximum Gasteiger partial charge on any atom is 0.230 e. The van der Waals surface area contributed by atoms with Crippen LogP contribution in [0.15, 0.2) is 30.3 Å². The Morgan fingerprint density at radius 3 is 2.75 bits per heavy atom. The van der Waals surface area contributed by atoms with Gasteiger partial charge >= 0.3 is 0 Å². The Morgan fingerprint density at radius 2 is 2.04 bits per heavy atom. The molecular formula is C15H18N4O3S2. The van der Waals surface area contributed by atoms with Gasteiger partial charge in [0.1, 0.15) is 5.01 Å². The summed E-state index contributed by atoms with van der Waals surface area (Å²) in [6.07, 6.45) is 2.52. The minimum absolute atomic E-state index is 0.209. The third-order valence-corrected chi connectivity index (χ3v) is 6.06. The van der Waals surface area contributed by atoms with Crippen LogP contribution in [0.1, 0.15) is 12.8 Å². The lowest BCUT2D eigenvalue weighted by molar-refractivity contribution is -0.120. The fourth-order valence-electron chi connectivity index (χ4n) is 2.64. The predicted molar refractivity (Wildman–Crippen MR) is 93.1 cm³/mol. The van der Waals surface area contributed by atoms with Crippen LogP contribution in [0.5, 0.6) is 0 Å². The minimum atomic E-state index is -3.27. The third-order valence-electron chi connectivity index (χ3n) is 3.90. The number of hydrogen-bond acceptors (Lipinski definition) is 6. The van der Waals surface area contributed by atoms with Crippen LogP contribution >= 0.6 is 11.3 Å². The number of hydrogen-bond donors (Lipinski definition) is 1. The number of piperidine rings is 1. The first-order valence-electron chi connectivity index (χ1n) is 7.58. The average Bonchev–Trinajstić information content (AvgIpc) is 3.03. The third kappa shape index (κ3) is 3.97. The number of nitrogens with one attached hydrogen (secondary N) is 1. The van der Waals surface area contributed by atoms with E-state index in [0.29, 0.717) is 24.5 Å². The van der Waals surface area contributed by atoms with Gasteiger partial charge in [-0.1, -0.05) is 41.7 Å². The number of carbonyl (C=O) groups is 1. The average molecular weight is 366 g/mol. The fraction of sp³-hybridized carbons (Fsp3) is 0.400. The van der Waals surface area contributed by atoms with Gasteiger partial charge in [0.15, 0.2) is 0 Å². The van der Waals surface area contributed by atoms with E-state index in [0.717, 1.165) is 10.6 Å². The first-order chi connectivity index (χ1) is 11.4. The number of aromatic nitrogens is 2. The van der Waals surface area contributed by atoms with Crippen molar-refractivity contribution in [1.29, 1.82) is 0 Å². The summed E-state index contributed by atoms with van der Waals surface area (Å²) in [4.78, 5) is 12.4. The zero-order valence-electron chi connectivity index (χ0n) is 13.2. The van der Waals surface area contributed by atoms with Crippen LogP contribution in [0.4, 0.5) is 5.13 Å². The first kappa shape index (κ1) is 17.0. The highest BCUT2D eigenvalue weighted by Crippen LogP contribution is 2.27. The van der Waals surface area contributed by atoms with E-state index in [1.807, 2.05) is 30.3 Å². The number of carbonyl (C=O) groups excluding carboxylic acids is 1. The minimum Gasteiger partial charge on any atom is -0.300 e. The molecule has 1 saturated heterocycles. The van der Waals surface area contributed by atoms with Crippen molar-refractivity contribution in [2.24, 2.45) is 5.92 Å². The molecule has 1 aromatic carbocycles. The smallest absolute Gasteiger partial charge is 0.230 e. The molecule has 1 N–H and O–H groups in total. The van der Waals surface area contributed by atoms with Crippen molar-refractivity contribution in [3.63, 3.8) is 0 Å². The molecule has 0 spiro atoms. The Labute approximate surface area is 144 Å². The standard InChI is InChI=1S/C15H18N4O3S2/c1-24(21,22)19-9-5-8-12(10-19)13(20)16-15-18-17-14(23-15)11-6-3-2-4-7-11/h2-4,6-7,12H,5,8-10H2,1H3,(H,16,18,20)/t12-/m1/s1. The molecule has 1 aliphatic heterocycles. The zero-order valence-corrected chi connectivity index (χ0v) is 14.8. The summed E-state index contributed by atoms with van der Waals surface area (Å²) in [6, 6.07) is 9.60. The lowest BCUT2D eigenvalue weighted by atomic mass is 9.99. The second kappa shape index (κ2) is 6.96. The second-order valence-corrected chi connectivity index (χ2v) is 8.69. The fourth-order valence-corrected chi connectivity index (χ4v) is 4.30. The zero-order chi connectivity index (χ0) is 17.2. The van der Waals surface area contributed by atoms with Crippen LogP contribution in [-0.4, -0.2) is 48.2 Å². The Bertz CT molecular complexity index is 820. The number of anilines is 1. The molecule has 1 aliphatic rings. The summed E-state index contributed by atoms with van der Waals surface area (Å²) in [5, 5.41) is 12.0. The van der Waals surface area contributed by atoms with Crippen LogP contribution in [0.25, 0.3) is 10.6 Å². The van der Waals surface area contributed by atoms with Crippen LogP contribution in [0.2, 0.25) is 0 Å². The molecule has 0 saturated carbocycles. The van der Waals surface area contributed by atoms with E-state index in [2.05, 4.69) is 15.5 Å². The monoisotopic (exact) mass is 366 g/mol. The molecule has 1 atom stereocenters. The van der Waals surface area contributed by atoms with E-state index in [-0.39, 0.29) is 18.4 Å². The highest BCUT2D eigenvalue weighted by molar-refractivity contribution is 7.88. The van der Waals surface area contributed by atoms with Crippen molar-refractivity contribution in [3.05, 3.63) is 30.3 Å². The topological polar surface area (TPSA) is 92.3 Å². The Morgan fingerprint density at radius 1 is 1.29 bits per heavy atom. The number of amides is 1. The molecule has 9 heteroatoms. The van der Waals surface area contributed by atoms with Crippen LogP contribution < -0.4 is 5.32 Å². The van der Waals surface area contributed by atoms with E-state index in [9.17, 15) is 13.2 Å². The molecule has 1 aromatic heterocycles. The quantitative estimate of drug-likeness (QED) is 0.891. The molecular weight excluding hydrogens is 348 g/mol. The number of sulfonamides is 1. The summed E-state index contributed by atoms with van der Waals surface area (Å²) in [6.45, 7) is 0.689. The molecule has 0 unspecified atom stereocenters. The molecule has 0 aliphatic carbocycles. The molecule has 1 fully saturated rings. The van der Waals surface area contributed by atoms with Gasteiger partial charge in [-0.2, -0.15) is 0 Å². The molecule has 1 amide bonds.